The molecule has 0 radical (unpaired) electrons. The summed E-state index contributed by atoms with van der Waals surface area (Å²) in [4.78, 5) is 4.73. The van der Waals surface area contributed by atoms with Crippen LogP contribution in [0.5, 0.6) is 0 Å². The Morgan fingerprint density at radius 2 is 1.19 bits per heavy atom. The molecule has 0 atom stereocenters. The third-order valence-corrected chi connectivity index (χ3v) is 6.39. The van der Waals surface area contributed by atoms with Crippen molar-refractivity contribution in [1.29, 1.82) is 10.9 Å². The maximum Gasteiger partial charge on any atom is 0.399 e. The quantitative estimate of drug-likeness (QED) is 0.362. The van der Waals surface area contributed by atoms with Gasteiger partial charge >= 0.3 is 5.70 Å². The molecule has 0 aromatic heterocycles. The van der Waals surface area contributed by atoms with Crippen LogP contribution < -0.4 is 0 Å². The van der Waals surface area contributed by atoms with E-state index in [0.29, 0.717) is 21.1 Å². The van der Waals surface area contributed by atoms with E-state index >= 15 is 0 Å². The first-order chi connectivity index (χ1) is 15.7. The highest BCUT2D eigenvalue weighted by molar-refractivity contribution is 7.86. The topological polar surface area (TPSA) is 81.4 Å². The molecule has 0 heterocycles. The molecule has 2 aliphatic rings. The van der Waals surface area contributed by atoms with Crippen molar-refractivity contribution in [3.8, 4) is 0 Å². The summed E-state index contributed by atoms with van der Waals surface area (Å²) >= 11 is 0. The van der Waals surface area contributed by atoms with Crippen molar-refractivity contribution in [2.75, 3.05) is 0 Å². The van der Waals surface area contributed by atoms with Gasteiger partial charge < -0.3 is 0 Å². The van der Waals surface area contributed by atoms with Crippen LogP contribution in [0.2, 0.25) is 0 Å². The Balaban J connectivity index is 1.67. The lowest BCUT2D eigenvalue weighted by molar-refractivity contribution is 0.699. The number of nitrogens with zero attached hydrogens (tertiary/aromatic N) is 3. The average Bonchev–Trinajstić information content (AvgIpc) is 2.87. The maximum atomic E-state index is 13.1. The Labute approximate surface area is 187 Å². The minimum Gasteiger partial charge on any atom is -0.224 e. The van der Waals surface area contributed by atoms with Gasteiger partial charge in [-0.1, -0.05) is 60.7 Å². The fourth-order valence-electron chi connectivity index (χ4n) is 3.38. The van der Waals surface area contributed by atoms with Crippen molar-refractivity contribution in [2.24, 2.45) is 5.11 Å². The van der Waals surface area contributed by atoms with Crippen molar-refractivity contribution >= 4 is 31.1 Å². The van der Waals surface area contributed by atoms with Gasteiger partial charge in [0.05, 0.1) is 26.6 Å². The van der Waals surface area contributed by atoms with Crippen LogP contribution in [0.15, 0.2) is 126 Å². The van der Waals surface area contributed by atoms with Gasteiger partial charge in [-0.2, -0.15) is 5.11 Å². The number of benzene rings is 2. The van der Waals surface area contributed by atoms with Crippen molar-refractivity contribution in [3.63, 3.8) is 0 Å². The lowest BCUT2D eigenvalue weighted by atomic mass is 10.0. The fourth-order valence-corrected chi connectivity index (χ4v) is 4.42. The summed E-state index contributed by atoms with van der Waals surface area (Å²) in [7, 11) is -1.37. The zero-order chi connectivity index (χ0) is 22.3. The number of diazo groups is 1. The summed E-state index contributed by atoms with van der Waals surface area (Å²) in [6, 6.07) is 18.9. The molecule has 0 bridgehead atoms. The second-order valence-electron chi connectivity index (χ2n) is 6.96. The van der Waals surface area contributed by atoms with Gasteiger partial charge in [0.25, 0.3) is 0 Å². The number of hydrogen-bond donors (Lipinski definition) is 1. The van der Waals surface area contributed by atoms with Gasteiger partial charge in [0.2, 0.25) is 5.39 Å². The number of nitrogens with one attached hydrogen (secondary N) is 1. The molecule has 1 N–H and O–H groups in total. The zero-order valence-electron chi connectivity index (χ0n) is 17.1. The van der Waals surface area contributed by atoms with Crippen LogP contribution >= 0.6 is 0 Å². The largest absolute Gasteiger partial charge is 0.399 e. The number of rotatable bonds is 3. The minimum absolute atomic E-state index is 0.454. The molecule has 0 unspecified atom stereocenters. The van der Waals surface area contributed by atoms with Crippen LogP contribution in [0.3, 0.4) is 0 Å². The molecule has 0 spiro atoms. The lowest BCUT2D eigenvalue weighted by Crippen LogP contribution is -2.03. The molecule has 0 aliphatic heterocycles. The second-order valence-corrected chi connectivity index (χ2v) is 8.44. The summed E-state index contributed by atoms with van der Waals surface area (Å²) in [5.74, 6) is 0. The summed E-state index contributed by atoms with van der Waals surface area (Å²) < 4.78 is 13.1. The van der Waals surface area contributed by atoms with Gasteiger partial charge in [-0.05, 0) is 48.6 Å². The second kappa shape index (κ2) is 9.65. The molecule has 32 heavy (non-hydrogen) atoms. The van der Waals surface area contributed by atoms with E-state index in [1.807, 2.05) is 72.8 Å². The Morgan fingerprint density at radius 3 is 1.66 bits per heavy atom. The summed E-state index contributed by atoms with van der Waals surface area (Å²) in [6.45, 7) is 0. The first kappa shape index (κ1) is 20.9. The smallest absolute Gasteiger partial charge is 0.224 e. The standard InChI is InChI=1S/C26H19N4OS/c27-29-25(19-7-3-1-4-8-19)21-11-15-23(16-12-21)32(31)24-17-13-22(14-18-24)26(30-28)20-9-5-2-6-10-20/h1-18,27H/q+1. The van der Waals surface area contributed by atoms with Crippen LogP contribution in [0.1, 0.15) is 11.1 Å². The zero-order valence-corrected chi connectivity index (χ0v) is 17.9. The van der Waals surface area contributed by atoms with E-state index in [2.05, 4.69) is 10.1 Å². The first-order valence-electron chi connectivity index (χ1n) is 9.91. The van der Waals surface area contributed by atoms with E-state index in [4.69, 9.17) is 5.53 Å². The van der Waals surface area contributed by atoms with E-state index in [1.54, 1.807) is 36.5 Å². The Kier molecular flexibility index (Phi) is 6.30. The SMILES string of the molecule is N#[N+]C(=C1C=CC(=S(=O)=C2C=CC(=C(N=N)c3ccccc3)C=C2)C=C1)c1ccccc1. The molecule has 0 saturated heterocycles. The maximum absolute atomic E-state index is 13.1. The highest BCUT2D eigenvalue weighted by Crippen LogP contribution is 2.25. The van der Waals surface area contributed by atoms with Crippen LogP contribution in [0.4, 0.5) is 0 Å². The number of allylic oxidation sites excluding steroid dienone is 10. The normalized spacial score (nSPS) is 14.3. The summed E-state index contributed by atoms with van der Waals surface area (Å²) in [5.41, 5.74) is 11.7. The van der Waals surface area contributed by atoms with E-state index in [0.717, 1.165) is 22.3 Å². The predicted octanol–water partition coefficient (Wildman–Crippen LogP) is 6.04. The van der Waals surface area contributed by atoms with Crippen molar-refractivity contribution in [3.05, 3.63) is 137 Å². The third kappa shape index (κ3) is 4.38. The minimum atomic E-state index is -1.37. The van der Waals surface area contributed by atoms with E-state index in [-0.39, 0.29) is 0 Å². The third-order valence-electron chi connectivity index (χ3n) is 4.99. The lowest BCUT2D eigenvalue weighted by Gasteiger charge is -2.07. The molecule has 4 rings (SSSR count). The van der Waals surface area contributed by atoms with Gasteiger partial charge in [-0.15, -0.1) is 0 Å². The molecule has 2 aliphatic carbocycles. The molecule has 6 heteroatoms. The van der Waals surface area contributed by atoms with Gasteiger partial charge in [0.1, 0.15) is 0 Å². The van der Waals surface area contributed by atoms with Crippen LogP contribution in [0.25, 0.3) is 16.4 Å². The monoisotopic (exact) mass is 435 g/mol. The van der Waals surface area contributed by atoms with E-state index in [9.17, 15) is 9.60 Å². The van der Waals surface area contributed by atoms with E-state index in [1.165, 1.54) is 0 Å². The molecule has 0 amide bonds. The van der Waals surface area contributed by atoms with E-state index < -0.39 is 9.98 Å². The predicted molar refractivity (Wildman–Crippen MR) is 132 cm³/mol. The van der Waals surface area contributed by atoms with Crippen LogP contribution in [-0.4, -0.2) is 13.9 Å². The van der Waals surface area contributed by atoms with Crippen molar-refractivity contribution in [1.82, 2.24) is 0 Å². The summed E-state index contributed by atoms with van der Waals surface area (Å²) in [6.07, 6.45) is 14.4. The van der Waals surface area contributed by atoms with Crippen LogP contribution in [0, 0.1) is 10.9 Å². The van der Waals surface area contributed by atoms with Gasteiger partial charge in [0, 0.05) is 21.1 Å². The fraction of sp³-hybridized carbons (Fsp3) is 0. The molecule has 154 valence electrons. The highest BCUT2D eigenvalue weighted by Gasteiger charge is 2.19. The Hall–Kier alpha value is -4.34. The molecule has 2 aromatic rings. The van der Waals surface area contributed by atoms with Gasteiger partial charge in [0.15, 0.2) is 4.98 Å². The average molecular weight is 436 g/mol. The molecular weight excluding hydrogens is 416 g/mol. The molecule has 5 nitrogen and oxygen atoms in total. The van der Waals surface area contributed by atoms with Crippen molar-refractivity contribution < 1.29 is 4.21 Å². The van der Waals surface area contributed by atoms with Crippen molar-refractivity contribution in [2.45, 2.75) is 0 Å². The Bertz CT molecular complexity index is 1410. The van der Waals surface area contributed by atoms with Gasteiger partial charge in [-0.25, -0.2) is 9.74 Å². The first-order valence-corrected chi connectivity index (χ1v) is 11.1. The Morgan fingerprint density at radius 1 is 0.719 bits per heavy atom. The highest BCUT2D eigenvalue weighted by atomic mass is 32.1. The van der Waals surface area contributed by atoms with Crippen LogP contribution in [-0.2, 0) is 9.98 Å². The van der Waals surface area contributed by atoms with Gasteiger partial charge in [-0.3, -0.25) is 0 Å². The molecule has 2 aromatic carbocycles. The molecule has 0 fully saturated rings. The molecular formula is C26H19N4OS+. The summed E-state index contributed by atoms with van der Waals surface area (Å²) in [5, 5.41) is 13.1. The molecule has 0 saturated carbocycles. The number of hydrogen-bond acceptors (Lipinski definition) is 4.